The van der Waals surface area contributed by atoms with Gasteiger partial charge in [-0.25, -0.2) is 0 Å². The van der Waals surface area contributed by atoms with Crippen molar-refractivity contribution in [3.8, 4) is 0 Å². The van der Waals surface area contributed by atoms with E-state index < -0.39 is 0 Å². The minimum atomic E-state index is -0.0674. The quantitative estimate of drug-likeness (QED) is 0.625. The molecule has 1 amide bonds. The number of carbonyl (C=O) groups excluding carboxylic acids is 1. The molecule has 0 saturated carbocycles. The van der Waals surface area contributed by atoms with Crippen LogP contribution in [0.1, 0.15) is 22.8 Å². The lowest BCUT2D eigenvalue weighted by atomic mass is 10.1. The van der Waals surface area contributed by atoms with E-state index in [1.165, 1.54) is 0 Å². The maximum Gasteiger partial charge on any atom is 0.255 e. The van der Waals surface area contributed by atoms with E-state index in [0.29, 0.717) is 31.0 Å². The maximum atomic E-state index is 12.1. The van der Waals surface area contributed by atoms with Crippen LogP contribution in [-0.4, -0.2) is 37.6 Å². The minimum absolute atomic E-state index is 0.0674. The van der Waals surface area contributed by atoms with Gasteiger partial charge in [-0.1, -0.05) is 6.07 Å². The van der Waals surface area contributed by atoms with E-state index in [9.17, 15) is 4.79 Å². The summed E-state index contributed by atoms with van der Waals surface area (Å²) in [5, 5.41) is 0. The maximum absolute atomic E-state index is 12.1. The number of aryl methyl sites for hydroxylation is 1. The van der Waals surface area contributed by atoms with Crippen molar-refractivity contribution in [2.75, 3.05) is 32.5 Å². The molecule has 4 heteroatoms. The average molecular weight is 236 g/mol. The first-order chi connectivity index (χ1) is 8.06. The molecule has 0 unspecified atom stereocenters. The lowest BCUT2D eigenvalue weighted by Gasteiger charge is -2.18. The van der Waals surface area contributed by atoms with Gasteiger partial charge in [0.15, 0.2) is 0 Å². The van der Waals surface area contributed by atoms with Gasteiger partial charge in [0.1, 0.15) is 0 Å². The van der Waals surface area contributed by atoms with E-state index in [-0.39, 0.29) is 5.91 Å². The Morgan fingerprint density at radius 1 is 1.47 bits per heavy atom. The number of nitrogens with two attached hydrogens (primary N) is 1. The Hall–Kier alpha value is -1.55. The molecule has 17 heavy (non-hydrogen) atoms. The second kappa shape index (κ2) is 6.25. The second-order valence-electron chi connectivity index (χ2n) is 4.01. The number of likely N-dealkylation sites (N-methyl/N-ethyl adjacent to an activating group) is 1. The summed E-state index contributed by atoms with van der Waals surface area (Å²) in [4.78, 5) is 13.7. The number of benzene rings is 1. The highest BCUT2D eigenvalue weighted by Crippen LogP contribution is 2.15. The molecule has 0 spiro atoms. The third kappa shape index (κ3) is 3.75. The fraction of sp³-hybridized carbons (Fsp3) is 0.462. The van der Waals surface area contributed by atoms with Crippen LogP contribution < -0.4 is 5.73 Å². The molecule has 0 radical (unpaired) electrons. The normalized spacial score (nSPS) is 10.3. The van der Waals surface area contributed by atoms with Gasteiger partial charge < -0.3 is 15.4 Å². The van der Waals surface area contributed by atoms with Crippen LogP contribution in [-0.2, 0) is 4.74 Å². The number of rotatable bonds is 5. The summed E-state index contributed by atoms with van der Waals surface area (Å²) in [7, 11) is 1.75. The number of nitrogens with zero attached hydrogens (tertiary/aromatic N) is 1. The molecule has 0 atom stereocenters. The summed E-state index contributed by atoms with van der Waals surface area (Å²) in [5.74, 6) is -0.0674. The van der Waals surface area contributed by atoms with Gasteiger partial charge in [0.05, 0.1) is 12.2 Å². The lowest BCUT2D eigenvalue weighted by Crippen LogP contribution is -2.30. The van der Waals surface area contributed by atoms with Crippen molar-refractivity contribution >= 4 is 11.6 Å². The zero-order chi connectivity index (χ0) is 12.8. The van der Waals surface area contributed by atoms with Gasteiger partial charge in [-0.3, -0.25) is 4.79 Å². The van der Waals surface area contributed by atoms with Crippen molar-refractivity contribution < 1.29 is 9.53 Å². The predicted octanol–water partition coefficient (Wildman–Crippen LogP) is 1.69. The molecule has 0 fully saturated rings. The second-order valence-corrected chi connectivity index (χ2v) is 4.01. The molecule has 1 rings (SSSR count). The van der Waals surface area contributed by atoms with Gasteiger partial charge in [0.25, 0.3) is 5.91 Å². The van der Waals surface area contributed by atoms with Crippen molar-refractivity contribution in [1.29, 1.82) is 0 Å². The van der Waals surface area contributed by atoms with Crippen molar-refractivity contribution in [2.45, 2.75) is 13.8 Å². The van der Waals surface area contributed by atoms with Crippen LogP contribution in [0.25, 0.3) is 0 Å². The van der Waals surface area contributed by atoms with Crippen molar-refractivity contribution in [1.82, 2.24) is 4.90 Å². The molecule has 0 aliphatic carbocycles. The molecular weight excluding hydrogens is 216 g/mol. The fourth-order valence-corrected chi connectivity index (χ4v) is 1.53. The Morgan fingerprint density at radius 2 is 2.18 bits per heavy atom. The van der Waals surface area contributed by atoms with Gasteiger partial charge in [-0.2, -0.15) is 0 Å². The first-order valence-corrected chi connectivity index (χ1v) is 5.75. The molecule has 0 aliphatic heterocycles. The predicted molar refractivity (Wildman–Crippen MR) is 69.0 cm³/mol. The smallest absolute Gasteiger partial charge is 0.255 e. The number of anilines is 1. The molecule has 1 aromatic carbocycles. The van der Waals surface area contributed by atoms with Gasteiger partial charge in [0.2, 0.25) is 0 Å². The van der Waals surface area contributed by atoms with Gasteiger partial charge in [-0.15, -0.1) is 0 Å². The van der Waals surface area contributed by atoms with E-state index in [4.69, 9.17) is 10.5 Å². The lowest BCUT2D eigenvalue weighted by molar-refractivity contribution is 0.0711. The number of hydrogen-bond donors (Lipinski definition) is 1. The monoisotopic (exact) mass is 236 g/mol. The summed E-state index contributed by atoms with van der Waals surface area (Å²) in [6.45, 7) is 5.66. The standard InChI is InChI=1S/C13H20N2O2/c1-4-17-8-7-15(3)13(16)11-6-5-10(2)9-12(11)14/h5-6,9H,4,7-8,14H2,1-3H3. The third-order valence-corrected chi connectivity index (χ3v) is 2.56. The summed E-state index contributed by atoms with van der Waals surface area (Å²) in [6.07, 6.45) is 0. The van der Waals surface area contributed by atoms with E-state index in [2.05, 4.69) is 0 Å². The highest BCUT2D eigenvalue weighted by molar-refractivity contribution is 5.99. The third-order valence-electron chi connectivity index (χ3n) is 2.56. The van der Waals surface area contributed by atoms with Crippen LogP contribution in [0.2, 0.25) is 0 Å². The SMILES string of the molecule is CCOCCN(C)C(=O)c1ccc(C)cc1N. The van der Waals surface area contributed by atoms with E-state index in [1.807, 2.05) is 26.0 Å². The molecule has 1 aromatic rings. The summed E-state index contributed by atoms with van der Waals surface area (Å²) in [6, 6.07) is 5.47. The zero-order valence-corrected chi connectivity index (χ0v) is 10.7. The molecule has 0 heterocycles. The summed E-state index contributed by atoms with van der Waals surface area (Å²) < 4.78 is 5.21. The van der Waals surface area contributed by atoms with E-state index >= 15 is 0 Å². The van der Waals surface area contributed by atoms with Crippen LogP contribution in [0.4, 0.5) is 5.69 Å². The fourth-order valence-electron chi connectivity index (χ4n) is 1.53. The molecule has 2 N–H and O–H groups in total. The molecular formula is C13H20N2O2. The van der Waals surface area contributed by atoms with Gasteiger partial charge in [-0.05, 0) is 31.5 Å². The van der Waals surface area contributed by atoms with Crippen molar-refractivity contribution in [3.63, 3.8) is 0 Å². The topological polar surface area (TPSA) is 55.6 Å². The average Bonchev–Trinajstić information content (AvgIpc) is 2.28. The number of amides is 1. The van der Waals surface area contributed by atoms with Gasteiger partial charge in [0, 0.05) is 25.9 Å². The van der Waals surface area contributed by atoms with Crippen LogP contribution in [0.3, 0.4) is 0 Å². The first kappa shape index (κ1) is 13.5. The molecule has 0 bridgehead atoms. The first-order valence-electron chi connectivity index (χ1n) is 5.75. The number of nitrogen functional groups attached to an aromatic ring is 1. The Labute approximate surface area is 102 Å². The Balaban J connectivity index is 2.68. The number of carbonyl (C=O) groups is 1. The summed E-state index contributed by atoms with van der Waals surface area (Å²) >= 11 is 0. The zero-order valence-electron chi connectivity index (χ0n) is 10.7. The Morgan fingerprint density at radius 3 is 2.76 bits per heavy atom. The highest BCUT2D eigenvalue weighted by Gasteiger charge is 2.14. The van der Waals surface area contributed by atoms with Crippen LogP contribution in [0, 0.1) is 6.92 Å². The highest BCUT2D eigenvalue weighted by atomic mass is 16.5. The molecule has 0 aromatic heterocycles. The van der Waals surface area contributed by atoms with Crippen molar-refractivity contribution in [2.24, 2.45) is 0 Å². The molecule has 4 nitrogen and oxygen atoms in total. The van der Waals surface area contributed by atoms with Crippen molar-refractivity contribution in [3.05, 3.63) is 29.3 Å². The van der Waals surface area contributed by atoms with Crippen LogP contribution in [0.5, 0.6) is 0 Å². The Kier molecular flexibility index (Phi) is 4.97. The largest absolute Gasteiger partial charge is 0.398 e. The number of ether oxygens (including phenoxy) is 1. The molecule has 94 valence electrons. The number of hydrogen-bond acceptors (Lipinski definition) is 3. The Bertz CT molecular complexity index is 391. The van der Waals surface area contributed by atoms with E-state index in [0.717, 1.165) is 5.56 Å². The molecule has 0 saturated heterocycles. The van der Waals surface area contributed by atoms with E-state index in [1.54, 1.807) is 18.0 Å². The minimum Gasteiger partial charge on any atom is -0.398 e. The van der Waals surface area contributed by atoms with Crippen LogP contribution in [0.15, 0.2) is 18.2 Å². The summed E-state index contributed by atoms with van der Waals surface area (Å²) in [5.41, 5.74) is 7.96. The van der Waals surface area contributed by atoms with Crippen LogP contribution >= 0.6 is 0 Å². The molecule has 0 aliphatic rings. The van der Waals surface area contributed by atoms with Gasteiger partial charge >= 0.3 is 0 Å².